The Morgan fingerprint density at radius 1 is 1.14 bits per heavy atom. The van der Waals surface area contributed by atoms with E-state index >= 15 is 0 Å². The first-order valence-electron chi connectivity index (χ1n) is 7.64. The van der Waals surface area contributed by atoms with E-state index in [1.165, 1.54) is 5.56 Å². The first kappa shape index (κ1) is 16.2. The van der Waals surface area contributed by atoms with Crippen LogP contribution in [0.25, 0.3) is 0 Å². The first-order valence-corrected chi connectivity index (χ1v) is 8.44. The van der Waals surface area contributed by atoms with Gasteiger partial charge in [0.15, 0.2) is 0 Å². The maximum absolute atomic E-state index is 4.75. The summed E-state index contributed by atoms with van der Waals surface area (Å²) < 4.78 is 3.23. The van der Waals surface area contributed by atoms with E-state index in [0.717, 1.165) is 29.4 Å². The summed E-state index contributed by atoms with van der Waals surface area (Å²) in [6, 6.07) is 11.4. The molecule has 1 aromatic carbocycles. The molecule has 2 rings (SSSR count). The highest BCUT2D eigenvalue weighted by atomic mass is 79.9. The van der Waals surface area contributed by atoms with Crippen molar-refractivity contribution in [1.82, 2.24) is 15.1 Å². The zero-order valence-electron chi connectivity index (χ0n) is 13.0. The molecule has 0 bridgehead atoms. The molecule has 0 spiro atoms. The Morgan fingerprint density at radius 2 is 1.81 bits per heavy atom. The second-order valence-electron chi connectivity index (χ2n) is 5.35. The minimum atomic E-state index is 0.295. The van der Waals surface area contributed by atoms with Gasteiger partial charge in [0.25, 0.3) is 0 Å². The summed E-state index contributed by atoms with van der Waals surface area (Å²) >= 11 is 3.48. The van der Waals surface area contributed by atoms with Crippen molar-refractivity contribution < 1.29 is 0 Å². The van der Waals surface area contributed by atoms with Gasteiger partial charge in [-0.2, -0.15) is 5.10 Å². The van der Waals surface area contributed by atoms with Crippen molar-refractivity contribution in [2.45, 2.75) is 45.2 Å². The number of likely N-dealkylation sites (N-methyl/N-ethyl adjacent to an activating group) is 1. The van der Waals surface area contributed by atoms with E-state index < -0.39 is 0 Å². The number of hydrogen-bond acceptors (Lipinski definition) is 2. The highest BCUT2D eigenvalue weighted by Gasteiger charge is 2.13. The Hall–Kier alpha value is -1.13. The molecule has 0 aliphatic heterocycles. The Labute approximate surface area is 135 Å². The van der Waals surface area contributed by atoms with Crippen LogP contribution >= 0.6 is 15.9 Å². The summed E-state index contributed by atoms with van der Waals surface area (Å²) in [6.45, 7) is 4.43. The summed E-state index contributed by atoms with van der Waals surface area (Å²) in [5, 5.41) is 8.14. The van der Waals surface area contributed by atoms with Gasteiger partial charge in [0.2, 0.25) is 0 Å². The van der Waals surface area contributed by atoms with E-state index in [0.29, 0.717) is 12.1 Å². The SMILES string of the molecule is CCC(CC)n1ccc(CC(NC)c2ccc(Br)cc2)n1. The Kier molecular flexibility index (Phi) is 6.00. The van der Waals surface area contributed by atoms with E-state index in [2.05, 4.69) is 76.3 Å². The summed E-state index contributed by atoms with van der Waals surface area (Å²) in [5.41, 5.74) is 2.43. The fraction of sp³-hybridized carbons (Fsp3) is 0.471. The van der Waals surface area contributed by atoms with Crippen LogP contribution < -0.4 is 5.32 Å². The molecule has 1 unspecified atom stereocenters. The molecule has 0 radical (unpaired) electrons. The van der Waals surface area contributed by atoms with Gasteiger partial charge in [-0.3, -0.25) is 4.68 Å². The van der Waals surface area contributed by atoms with Gasteiger partial charge in [-0.15, -0.1) is 0 Å². The fourth-order valence-corrected chi connectivity index (χ4v) is 2.91. The van der Waals surface area contributed by atoms with E-state index in [1.807, 2.05) is 7.05 Å². The van der Waals surface area contributed by atoms with Crippen molar-refractivity contribution >= 4 is 15.9 Å². The molecule has 3 nitrogen and oxygen atoms in total. The molecule has 0 amide bonds. The molecule has 21 heavy (non-hydrogen) atoms. The summed E-state index contributed by atoms with van der Waals surface area (Å²) in [4.78, 5) is 0. The number of benzene rings is 1. The third kappa shape index (κ3) is 4.17. The quantitative estimate of drug-likeness (QED) is 0.796. The second-order valence-corrected chi connectivity index (χ2v) is 6.27. The lowest BCUT2D eigenvalue weighted by atomic mass is 10.0. The van der Waals surface area contributed by atoms with Gasteiger partial charge >= 0.3 is 0 Å². The van der Waals surface area contributed by atoms with Gasteiger partial charge in [0.05, 0.1) is 11.7 Å². The molecular formula is C17H24BrN3. The van der Waals surface area contributed by atoms with Crippen LogP contribution in [0.3, 0.4) is 0 Å². The minimum absolute atomic E-state index is 0.295. The topological polar surface area (TPSA) is 29.9 Å². The summed E-state index contributed by atoms with van der Waals surface area (Å²) in [5.74, 6) is 0. The van der Waals surface area contributed by atoms with E-state index in [-0.39, 0.29) is 0 Å². The fourth-order valence-electron chi connectivity index (χ4n) is 2.64. The largest absolute Gasteiger partial charge is 0.313 e. The van der Waals surface area contributed by atoms with Gasteiger partial charge in [0, 0.05) is 23.1 Å². The molecular weight excluding hydrogens is 326 g/mol. The maximum atomic E-state index is 4.75. The molecule has 114 valence electrons. The third-order valence-corrected chi connectivity index (χ3v) is 4.54. The van der Waals surface area contributed by atoms with Crippen molar-refractivity contribution in [2.75, 3.05) is 7.05 Å². The van der Waals surface area contributed by atoms with Crippen LogP contribution in [0, 0.1) is 0 Å². The molecule has 1 aromatic heterocycles. The molecule has 0 saturated heterocycles. The predicted octanol–water partition coefficient (Wildman–Crippen LogP) is 4.51. The average molecular weight is 350 g/mol. The van der Waals surface area contributed by atoms with Gasteiger partial charge < -0.3 is 5.32 Å². The van der Waals surface area contributed by atoms with Crippen molar-refractivity contribution in [2.24, 2.45) is 0 Å². The molecule has 0 aliphatic carbocycles. The summed E-state index contributed by atoms with van der Waals surface area (Å²) in [7, 11) is 2.00. The van der Waals surface area contributed by atoms with E-state index in [4.69, 9.17) is 5.10 Å². The Balaban J connectivity index is 2.10. The zero-order valence-corrected chi connectivity index (χ0v) is 14.6. The smallest absolute Gasteiger partial charge is 0.0643 e. The van der Waals surface area contributed by atoms with Gasteiger partial charge in [-0.1, -0.05) is 41.9 Å². The van der Waals surface area contributed by atoms with Crippen molar-refractivity contribution in [3.63, 3.8) is 0 Å². The van der Waals surface area contributed by atoms with Crippen LogP contribution in [-0.2, 0) is 6.42 Å². The lowest BCUT2D eigenvalue weighted by molar-refractivity contribution is 0.423. The first-order chi connectivity index (χ1) is 10.2. The van der Waals surface area contributed by atoms with Crippen LogP contribution in [0.15, 0.2) is 41.0 Å². The molecule has 0 fully saturated rings. The lowest BCUT2D eigenvalue weighted by Gasteiger charge is -2.16. The highest BCUT2D eigenvalue weighted by molar-refractivity contribution is 9.10. The number of nitrogens with one attached hydrogen (secondary N) is 1. The monoisotopic (exact) mass is 349 g/mol. The Bertz CT molecular complexity index is 543. The van der Waals surface area contributed by atoms with E-state index in [9.17, 15) is 0 Å². The van der Waals surface area contributed by atoms with E-state index in [1.54, 1.807) is 0 Å². The molecule has 4 heteroatoms. The van der Waals surface area contributed by atoms with Crippen molar-refractivity contribution in [3.8, 4) is 0 Å². The molecule has 0 saturated carbocycles. The lowest BCUT2D eigenvalue weighted by Crippen LogP contribution is -2.19. The number of rotatable bonds is 7. The van der Waals surface area contributed by atoms with Crippen LogP contribution in [-0.4, -0.2) is 16.8 Å². The molecule has 1 heterocycles. The highest BCUT2D eigenvalue weighted by Crippen LogP contribution is 2.21. The zero-order chi connectivity index (χ0) is 15.2. The maximum Gasteiger partial charge on any atom is 0.0643 e. The van der Waals surface area contributed by atoms with Crippen molar-refractivity contribution in [3.05, 3.63) is 52.3 Å². The number of nitrogens with zero attached hydrogens (tertiary/aromatic N) is 2. The normalized spacial score (nSPS) is 12.8. The molecule has 1 N–H and O–H groups in total. The molecule has 0 aliphatic rings. The van der Waals surface area contributed by atoms with Crippen LogP contribution in [0.4, 0.5) is 0 Å². The number of aromatic nitrogens is 2. The average Bonchev–Trinajstić information content (AvgIpc) is 2.96. The summed E-state index contributed by atoms with van der Waals surface area (Å²) in [6.07, 6.45) is 5.27. The minimum Gasteiger partial charge on any atom is -0.313 e. The molecule has 2 aromatic rings. The standard InChI is InChI=1S/C17H24BrN3/c1-4-16(5-2)21-11-10-15(20-21)12-17(19-3)13-6-8-14(18)9-7-13/h6-11,16-17,19H,4-5,12H2,1-3H3. The van der Waals surface area contributed by atoms with Gasteiger partial charge in [-0.25, -0.2) is 0 Å². The van der Waals surface area contributed by atoms with Crippen LogP contribution in [0.2, 0.25) is 0 Å². The molecule has 1 atom stereocenters. The predicted molar refractivity (Wildman–Crippen MR) is 91.5 cm³/mol. The number of halogens is 1. The van der Waals surface area contributed by atoms with Crippen LogP contribution in [0.1, 0.15) is 50.0 Å². The van der Waals surface area contributed by atoms with Gasteiger partial charge in [-0.05, 0) is 43.7 Å². The van der Waals surface area contributed by atoms with Crippen LogP contribution in [0.5, 0.6) is 0 Å². The second kappa shape index (κ2) is 7.76. The van der Waals surface area contributed by atoms with Gasteiger partial charge in [0.1, 0.15) is 0 Å². The number of hydrogen-bond donors (Lipinski definition) is 1. The Morgan fingerprint density at radius 3 is 2.38 bits per heavy atom. The third-order valence-electron chi connectivity index (χ3n) is 4.01. The van der Waals surface area contributed by atoms with Crippen molar-refractivity contribution in [1.29, 1.82) is 0 Å².